The molecule has 0 radical (unpaired) electrons. The number of hydrogen-bond donors (Lipinski definition) is 3. The number of pyridine rings is 2. The van der Waals surface area contributed by atoms with E-state index in [9.17, 15) is 0 Å². The average molecular weight is 441 g/mol. The van der Waals surface area contributed by atoms with Gasteiger partial charge < -0.3 is 10.7 Å². The van der Waals surface area contributed by atoms with E-state index in [4.69, 9.17) is 5.73 Å². The van der Waals surface area contributed by atoms with Gasteiger partial charge in [-0.05, 0) is 43.3 Å². The monoisotopic (exact) mass is 441 g/mol. The Balaban J connectivity index is 1.55. The number of imidazole rings is 1. The Morgan fingerprint density at radius 3 is 2.78 bits per heavy atom. The molecule has 0 saturated carbocycles. The highest BCUT2D eigenvalue weighted by atomic mass is 32.1. The van der Waals surface area contributed by atoms with Crippen molar-refractivity contribution in [3.05, 3.63) is 65.7 Å². The van der Waals surface area contributed by atoms with Gasteiger partial charge in [-0.1, -0.05) is 0 Å². The summed E-state index contributed by atoms with van der Waals surface area (Å²) in [4.78, 5) is 18.7. The van der Waals surface area contributed by atoms with Gasteiger partial charge in [-0.3, -0.25) is 10.1 Å². The number of aryl methyl sites for hydroxylation is 1. The van der Waals surface area contributed by atoms with Crippen molar-refractivity contribution in [3.63, 3.8) is 0 Å². The molecule has 156 valence electrons. The van der Waals surface area contributed by atoms with Gasteiger partial charge in [0, 0.05) is 45.0 Å². The summed E-state index contributed by atoms with van der Waals surface area (Å²) >= 11 is 1.69. The average Bonchev–Trinajstić information content (AvgIpc) is 3.51. The third-order valence-corrected chi connectivity index (χ3v) is 6.39. The first-order valence-electron chi connectivity index (χ1n) is 9.88. The number of rotatable bonds is 3. The van der Waals surface area contributed by atoms with Gasteiger partial charge in [0.15, 0.2) is 11.5 Å². The Morgan fingerprint density at radius 2 is 1.97 bits per heavy atom. The lowest BCUT2D eigenvalue weighted by atomic mass is 10.0. The first kappa shape index (κ1) is 18.6. The van der Waals surface area contributed by atoms with Crippen molar-refractivity contribution in [2.45, 2.75) is 6.92 Å². The van der Waals surface area contributed by atoms with Crippen molar-refractivity contribution in [2.24, 2.45) is 0 Å². The van der Waals surface area contributed by atoms with Gasteiger partial charge in [-0.25, -0.2) is 14.4 Å². The van der Waals surface area contributed by atoms with Crippen LogP contribution in [0, 0.1) is 12.7 Å². The molecule has 0 unspecified atom stereocenters. The van der Waals surface area contributed by atoms with E-state index in [1.807, 2.05) is 6.07 Å². The molecule has 9 heteroatoms. The van der Waals surface area contributed by atoms with Crippen LogP contribution in [-0.4, -0.2) is 30.1 Å². The van der Waals surface area contributed by atoms with E-state index in [1.165, 1.54) is 11.1 Å². The molecule has 0 amide bonds. The predicted octanol–water partition coefficient (Wildman–Crippen LogP) is 5.32. The summed E-state index contributed by atoms with van der Waals surface area (Å²) in [6.45, 7) is 2.07. The minimum absolute atomic E-state index is 0.345. The van der Waals surface area contributed by atoms with Crippen molar-refractivity contribution in [2.75, 3.05) is 5.73 Å². The Bertz CT molecular complexity index is 1630. The second kappa shape index (κ2) is 6.96. The zero-order chi connectivity index (χ0) is 21.8. The minimum Gasteiger partial charge on any atom is -0.397 e. The van der Waals surface area contributed by atoms with E-state index < -0.39 is 5.82 Å². The number of hydrogen-bond acceptors (Lipinski definition) is 6. The Kier molecular flexibility index (Phi) is 4.05. The molecule has 0 aliphatic rings. The van der Waals surface area contributed by atoms with Crippen LogP contribution in [-0.2, 0) is 0 Å². The van der Waals surface area contributed by atoms with E-state index in [2.05, 4.69) is 49.2 Å². The fourth-order valence-electron chi connectivity index (χ4n) is 3.88. The number of anilines is 1. The fraction of sp³-hybridized carbons (Fsp3) is 0.0435. The summed E-state index contributed by atoms with van der Waals surface area (Å²) in [5, 5.41) is 7.60. The van der Waals surface area contributed by atoms with Crippen LogP contribution < -0.4 is 5.73 Å². The van der Waals surface area contributed by atoms with Crippen LogP contribution in [0.15, 0.2) is 55.0 Å². The van der Waals surface area contributed by atoms with Gasteiger partial charge in [0.1, 0.15) is 11.5 Å². The number of halogens is 1. The topological polar surface area (TPSA) is 109 Å². The highest BCUT2D eigenvalue weighted by Crippen LogP contribution is 2.36. The zero-order valence-electron chi connectivity index (χ0n) is 16.8. The Morgan fingerprint density at radius 1 is 1.06 bits per heavy atom. The summed E-state index contributed by atoms with van der Waals surface area (Å²) in [7, 11) is 0. The normalized spacial score (nSPS) is 11.6. The van der Waals surface area contributed by atoms with Gasteiger partial charge in [0.2, 0.25) is 0 Å². The SMILES string of the molecule is Cc1ccc(-c2ccnc3nc(-c4n[nH]c5ccc(-c6cncc(N)c6)c(F)c45)[nH]c23)s1. The molecule has 7 nitrogen and oxygen atoms in total. The number of thiophene rings is 1. The molecule has 0 atom stereocenters. The third kappa shape index (κ3) is 2.86. The van der Waals surface area contributed by atoms with Crippen molar-refractivity contribution in [3.8, 4) is 33.1 Å². The molecule has 32 heavy (non-hydrogen) atoms. The van der Waals surface area contributed by atoms with Crippen LogP contribution in [0.25, 0.3) is 55.2 Å². The smallest absolute Gasteiger partial charge is 0.178 e. The third-order valence-electron chi connectivity index (χ3n) is 5.36. The molecule has 0 aliphatic heterocycles. The maximum absolute atomic E-state index is 15.7. The summed E-state index contributed by atoms with van der Waals surface area (Å²) in [6.07, 6.45) is 4.84. The summed E-state index contributed by atoms with van der Waals surface area (Å²) < 4.78 is 15.7. The highest BCUT2D eigenvalue weighted by Gasteiger charge is 2.20. The first-order valence-corrected chi connectivity index (χ1v) is 10.7. The van der Waals surface area contributed by atoms with E-state index >= 15 is 4.39 Å². The largest absolute Gasteiger partial charge is 0.397 e. The number of nitrogen functional groups attached to an aromatic ring is 1. The number of benzene rings is 1. The predicted molar refractivity (Wildman–Crippen MR) is 125 cm³/mol. The van der Waals surface area contributed by atoms with Gasteiger partial charge in [-0.2, -0.15) is 5.10 Å². The Hall–Kier alpha value is -4.11. The van der Waals surface area contributed by atoms with E-state index in [-0.39, 0.29) is 0 Å². The highest BCUT2D eigenvalue weighted by molar-refractivity contribution is 7.15. The molecule has 0 aliphatic carbocycles. The number of nitrogens with one attached hydrogen (secondary N) is 2. The van der Waals surface area contributed by atoms with Gasteiger partial charge in [0.05, 0.1) is 22.1 Å². The lowest BCUT2D eigenvalue weighted by Gasteiger charge is -2.05. The molecule has 4 N–H and O–H groups in total. The van der Waals surface area contributed by atoms with Crippen LogP contribution in [0.5, 0.6) is 0 Å². The van der Waals surface area contributed by atoms with Crippen molar-refractivity contribution in [1.82, 2.24) is 30.1 Å². The molecule has 1 aromatic carbocycles. The first-order chi connectivity index (χ1) is 15.6. The van der Waals surface area contributed by atoms with Crippen LogP contribution in [0.3, 0.4) is 0 Å². The molecule has 0 fully saturated rings. The number of nitrogens with two attached hydrogens (primary N) is 1. The maximum atomic E-state index is 15.7. The summed E-state index contributed by atoms with van der Waals surface area (Å²) in [5.41, 5.74) is 10.6. The van der Waals surface area contributed by atoms with E-state index in [0.29, 0.717) is 44.9 Å². The molecular weight excluding hydrogens is 425 g/mol. The van der Waals surface area contributed by atoms with Gasteiger partial charge >= 0.3 is 0 Å². The molecule has 5 heterocycles. The lowest BCUT2D eigenvalue weighted by Crippen LogP contribution is -1.91. The summed E-state index contributed by atoms with van der Waals surface area (Å²) in [5.74, 6) is 0.0300. The van der Waals surface area contributed by atoms with Crippen LogP contribution >= 0.6 is 11.3 Å². The number of aromatic amines is 2. The summed E-state index contributed by atoms with van der Waals surface area (Å²) in [6, 6.07) is 11.3. The Labute approximate surface area is 185 Å². The van der Waals surface area contributed by atoms with Crippen molar-refractivity contribution >= 4 is 39.1 Å². The molecule has 5 aromatic heterocycles. The lowest BCUT2D eigenvalue weighted by molar-refractivity contribution is 0.643. The van der Waals surface area contributed by atoms with E-state index in [0.717, 1.165) is 16.0 Å². The fourth-order valence-corrected chi connectivity index (χ4v) is 4.78. The molecule has 0 saturated heterocycles. The number of fused-ring (bicyclic) bond motifs is 2. The number of aromatic nitrogens is 6. The molecular formula is C23H16FN7S. The van der Waals surface area contributed by atoms with Crippen LogP contribution in [0.1, 0.15) is 4.88 Å². The molecule has 0 bridgehead atoms. The zero-order valence-corrected chi connectivity index (χ0v) is 17.7. The van der Waals surface area contributed by atoms with Crippen molar-refractivity contribution < 1.29 is 4.39 Å². The van der Waals surface area contributed by atoms with Gasteiger partial charge in [0.25, 0.3) is 0 Å². The molecule has 0 spiro atoms. The van der Waals surface area contributed by atoms with Crippen molar-refractivity contribution in [1.29, 1.82) is 0 Å². The minimum atomic E-state index is -0.416. The number of H-pyrrole nitrogens is 2. The quantitative estimate of drug-likeness (QED) is 0.344. The molecule has 6 rings (SSSR count). The van der Waals surface area contributed by atoms with E-state index in [1.54, 1.807) is 41.9 Å². The standard InChI is InChI=1S/C23H16FN7S/c1-11-2-5-17(32-11)15-6-7-27-22-20(15)28-23(29-22)21-18-16(30-31-21)4-3-14(19(18)24)12-8-13(25)10-26-9-12/h2-10H,25H2,1H3,(H,30,31)(H,27,28,29). The second-order valence-electron chi connectivity index (χ2n) is 7.48. The van der Waals surface area contributed by atoms with Crippen LogP contribution in [0.2, 0.25) is 0 Å². The molecule has 6 aromatic rings. The second-order valence-corrected chi connectivity index (χ2v) is 8.77. The van der Waals surface area contributed by atoms with Gasteiger partial charge in [-0.15, -0.1) is 11.3 Å². The maximum Gasteiger partial charge on any atom is 0.178 e. The van der Waals surface area contributed by atoms with Crippen LogP contribution in [0.4, 0.5) is 10.1 Å². The number of nitrogens with zero attached hydrogens (tertiary/aromatic N) is 4.